The molecule has 0 amide bonds. The molecule has 1 saturated heterocycles. The minimum atomic E-state index is 0.717. The van der Waals surface area contributed by atoms with E-state index in [1.165, 1.54) is 54.5 Å². The summed E-state index contributed by atoms with van der Waals surface area (Å²) in [5.74, 6) is 0.925. The molecule has 1 aromatic heterocycles. The Morgan fingerprint density at radius 2 is 1.83 bits per heavy atom. The number of nitrogens with one attached hydrogen (secondary N) is 1. The number of H-pyrrole nitrogens is 1. The molecule has 0 bridgehead atoms. The van der Waals surface area contributed by atoms with E-state index in [-0.39, 0.29) is 0 Å². The van der Waals surface area contributed by atoms with E-state index in [2.05, 4.69) is 58.1 Å². The summed E-state index contributed by atoms with van der Waals surface area (Å²) in [6, 6.07) is 16.0. The maximum atomic E-state index is 5.40. The van der Waals surface area contributed by atoms with Crippen LogP contribution >= 0.6 is 0 Å². The highest BCUT2D eigenvalue weighted by Crippen LogP contribution is 2.28. The number of aryl methyl sites for hydroxylation is 2. The van der Waals surface area contributed by atoms with E-state index in [0.29, 0.717) is 6.04 Å². The Labute approximate surface area is 173 Å². The van der Waals surface area contributed by atoms with Gasteiger partial charge in [0.1, 0.15) is 5.75 Å². The first-order valence-electron chi connectivity index (χ1n) is 10.9. The van der Waals surface area contributed by atoms with E-state index in [9.17, 15) is 0 Å². The molecule has 152 valence electrons. The van der Waals surface area contributed by atoms with Crippen LogP contribution in [0.25, 0.3) is 10.9 Å². The second kappa shape index (κ2) is 7.85. The van der Waals surface area contributed by atoms with Gasteiger partial charge < -0.3 is 9.72 Å². The number of nitrogens with zero attached hydrogens (tertiary/aromatic N) is 2. The first-order valence-corrected chi connectivity index (χ1v) is 10.9. The number of ether oxygens (including phenoxy) is 1. The van der Waals surface area contributed by atoms with Gasteiger partial charge in [-0.1, -0.05) is 24.3 Å². The van der Waals surface area contributed by atoms with Crippen LogP contribution < -0.4 is 4.74 Å². The van der Waals surface area contributed by atoms with E-state index in [1.807, 2.05) is 6.07 Å². The summed E-state index contributed by atoms with van der Waals surface area (Å²) >= 11 is 0. The zero-order valence-electron chi connectivity index (χ0n) is 17.6. The minimum Gasteiger partial charge on any atom is -0.497 e. The molecule has 0 radical (unpaired) electrons. The van der Waals surface area contributed by atoms with Crippen LogP contribution in [0.3, 0.4) is 0 Å². The van der Waals surface area contributed by atoms with Gasteiger partial charge in [0.05, 0.1) is 7.11 Å². The SMILES string of the molecule is COc1ccc2[nH]c(CN3CCN([C@H]4CCc5ccccc5C4)CC3)c(C)c2c1. The van der Waals surface area contributed by atoms with E-state index < -0.39 is 0 Å². The lowest BCUT2D eigenvalue weighted by molar-refractivity contribution is 0.0850. The molecular formula is C25H31N3O. The summed E-state index contributed by atoms with van der Waals surface area (Å²) in [6.45, 7) is 7.89. The molecule has 0 saturated carbocycles. The molecule has 29 heavy (non-hydrogen) atoms. The normalized spacial score (nSPS) is 20.7. The standard InChI is InChI=1S/C25H31N3O/c1-18-23-16-22(29-2)9-10-24(23)26-25(18)17-27-11-13-28(14-12-27)21-8-7-19-5-3-4-6-20(19)15-21/h3-6,9-10,16,21,26H,7-8,11-15,17H2,1-2H3/t21-/m0/s1. The Balaban J connectivity index is 1.22. The van der Waals surface area contributed by atoms with Crippen molar-refractivity contribution in [3.8, 4) is 5.75 Å². The van der Waals surface area contributed by atoms with Gasteiger partial charge in [-0.2, -0.15) is 0 Å². The molecule has 2 aromatic carbocycles. The first kappa shape index (κ1) is 18.7. The molecule has 4 nitrogen and oxygen atoms in total. The van der Waals surface area contributed by atoms with Gasteiger partial charge in [-0.3, -0.25) is 9.80 Å². The lowest BCUT2D eigenvalue weighted by atomic mass is 9.87. The smallest absolute Gasteiger partial charge is 0.119 e. The zero-order valence-corrected chi connectivity index (χ0v) is 17.6. The fraction of sp³-hybridized carbons (Fsp3) is 0.440. The van der Waals surface area contributed by atoms with Crippen LogP contribution in [0.4, 0.5) is 0 Å². The number of hydrogen-bond donors (Lipinski definition) is 1. The van der Waals surface area contributed by atoms with E-state index in [4.69, 9.17) is 4.74 Å². The lowest BCUT2D eigenvalue weighted by Crippen LogP contribution is -2.51. The predicted molar refractivity (Wildman–Crippen MR) is 119 cm³/mol. The first-order chi connectivity index (χ1) is 14.2. The Hall–Kier alpha value is -2.30. The van der Waals surface area contributed by atoms with E-state index >= 15 is 0 Å². The highest BCUT2D eigenvalue weighted by Gasteiger charge is 2.27. The highest BCUT2D eigenvalue weighted by atomic mass is 16.5. The molecule has 0 unspecified atom stereocenters. The van der Waals surface area contributed by atoms with Crippen molar-refractivity contribution >= 4 is 10.9 Å². The fourth-order valence-corrected chi connectivity index (χ4v) is 5.15. The van der Waals surface area contributed by atoms with Crippen molar-refractivity contribution in [2.75, 3.05) is 33.3 Å². The van der Waals surface area contributed by atoms with Gasteiger partial charge in [0.15, 0.2) is 0 Å². The average Bonchev–Trinajstić information content (AvgIpc) is 3.08. The van der Waals surface area contributed by atoms with Gasteiger partial charge in [0.2, 0.25) is 0 Å². The maximum Gasteiger partial charge on any atom is 0.119 e. The number of hydrogen-bond acceptors (Lipinski definition) is 3. The Morgan fingerprint density at radius 3 is 2.62 bits per heavy atom. The topological polar surface area (TPSA) is 31.5 Å². The lowest BCUT2D eigenvalue weighted by Gasteiger charge is -2.41. The van der Waals surface area contributed by atoms with Gasteiger partial charge in [-0.05, 0) is 61.1 Å². The molecule has 1 fully saturated rings. The maximum absolute atomic E-state index is 5.40. The second-order valence-electron chi connectivity index (χ2n) is 8.62. The molecule has 0 spiro atoms. The molecular weight excluding hydrogens is 358 g/mol. The van der Waals surface area contributed by atoms with Crippen LogP contribution in [0.5, 0.6) is 5.75 Å². The number of methoxy groups -OCH3 is 1. The van der Waals surface area contributed by atoms with Crippen molar-refractivity contribution in [2.45, 2.75) is 38.8 Å². The highest BCUT2D eigenvalue weighted by molar-refractivity contribution is 5.85. The Bertz CT molecular complexity index is 1000. The summed E-state index contributed by atoms with van der Waals surface area (Å²) in [5.41, 5.74) is 7.03. The monoisotopic (exact) mass is 389 g/mol. The molecule has 1 atom stereocenters. The number of piperazine rings is 1. The quantitative estimate of drug-likeness (QED) is 0.727. The second-order valence-corrected chi connectivity index (χ2v) is 8.62. The molecule has 1 aliphatic heterocycles. The average molecular weight is 390 g/mol. The molecule has 1 aliphatic carbocycles. The van der Waals surface area contributed by atoms with Gasteiger partial charge in [-0.15, -0.1) is 0 Å². The van der Waals surface area contributed by atoms with Crippen molar-refractivity contribution in [3.63, 3.8) is 0 Å². The largest absolute Gasteiger partial charge is 0.497 e. The van der Waals surface area contributed by atoms with Crippen molar-refractivity contribution in [1.29, 1.82) is 0 Å². The van der Waals surface area contributed by atoms with Gasteiger partial charge >= 0.3 is 0 Å². The van der Waals surface area contributed by atoms with Gasteiger partial charge in [0.25, 0.3) is 0 Å². The van der Waals surface area contributed by atoms with Crippen LogP contribution in [0, 0.1) is 6.92 Å². The molecule has 3 aromatic rings. The molecule has 4 heteroatoms. The molecule has 1 N–H and O–H groups in total. The molecule has 2 heterocycles. The number of aromatic nitrogens is 1. The van der Waals surface area contributed by atoms with Crippen LogP contribution in [-0.4, -0.2) is 54.1 Å². The molecule has 2 aliphatic rings. The predicted octanol–water partition coefficient (Wildman–Crippen LogP) is 4.16. The zero-order chi connectivity index (χ0) is 19.8. The fourth-order valence-electron chi connectivity index (χ4n) is 5.15. The molecule has 5 rings (SSSR count). The van der Waals surface area contributed by atoms with Crippen molar-refractivity contribution in [2.24, 2.45) is 0 Å². The number of benzene rings is 2. The third kappa shape index (κ3) is 3.67. The van der Waals surface area contributed by atoms with E-state index in [1.54, 1.807) is 18.2 Å². The van der Waals surface area contributed by atoms with Crippen molar-refractivity contribution in [3.05, 3.63) is 64.8 Å². The summed E-state index contributed by atoms with van der Waals surface area (Å²) in [7, 11) is 1.73. The van der Waals surface area contributed by atoms with Crippen LogP contribution in [0.15, 0.2) is 42.5 Å². The van der Waals surface area contributed by atoms with Gasteiger partial charge in [-0.25, -0.2) is 0 Å². The Morgan fingerprint density at radius 1 is 1.03 bits per heavy atom. The number of aromatic amines is 1. The van der Waals surface area contributed by atoms with Crippen molar-refractivity contribution < 1.29 is 4.74 Å². The summed E-state index contributed by atoms with van der Waals surface area (Å²) in [6.07, 6.45) is 3.76. The van der Waals surface area contributed by atoms with Crippen LogP contribution in [0.1, 0.15) is 28.8 Å². The Kier molecular flexibility index (Phi) is 5.06. The third-order valence-electron chi connectivity index (χ3n) is 6.99. The van der Waals surface area contributed by atoms with Crippen LogP contribution in [0.2, 0.25) is 0 Å². The van der Waals surface area contributed by atoms with Crippen LogP contribution in [-0.2, 0) is 19.4 Å². The number of rotatable bonds is 4. The third-order valence-corrected chi connectivity index (χ3v) is 6.99. The number of fused-ring (bicyclic) bond motifs is 2. The minimum absolute atomic E-state index is 0.717. The summed E-state index contributed by atoms with van der Waals surface area (Å²) in [4.78, 5) is 8.97. The summed E-state index contributed by atoms with van der Waals surface area (Å²) in [5, 5.41) is 1.28. The van der Waals surface area contributed by atoms with Gasteiger partial charge in [0, 0.05) is 55.4 Å². The summed E-state index contributed by atoms with van der Waals surface area (Å²) < 4.78 is 5.40. The van der Waals surface area contributed by atoms with Crippen molar-refractivity contribution in [1.82, 2.24) is 14.8 Å². The van der Waals surface area contributed by atoms with E-state index in [0.717, 1.165) is 25.4 Å².